The van der Waals surface area contributed by atoms with E-state index < -0.39 is 8.07 Å². The van der Waals surface area contributed by atoms with Crippen molar-refractivity contribution in [3.05, 3.63) is 54.5 Å². The molecule has 2 heterocycles. The SMILES string of the molecule is CC1=Cc2c(cc3c(c2Br)OCO3)C1[Si](C)(C)C1C(C)=Cc2c1cc1c(c2Br)OCO1. The van der Waals surface area contributed by atoms with Crippen molar-refractivity contribution in [2.24, 2.45) is 0 Å². The quantitative estimate of drug-likeness (QED) is 0.365. The summed E-state index contributed by atoms with van der Waals surface area (Å²) >= 11 is 7.57. The fourth-order valence-corrected chi connectivity index (χ4v) is 12.3. The van der Waals surface area contributed by atoms with Crippen LogP contribution in [0.4, 0.5) is 0 Å². The van der Waals surface area contributed by atoms with E-state index in [4.69, 9.17) is 18.9 Å². The molecule has 7 heteroatoms. The maximum atomic E-state index is 5.76. The molecule has 0 amide bonds. The van der Waals surface area contributed by atoms with E-state index in [1.54, 1.807) is 0 Å². The topological polar surface area (TPSA) is 36.9 Å². The summed E-state index contributed by atoms with van der Waals surface area (Å²) in [6.07, 6.45) is 4.65. The Kier molecular flexibility index (Phi) is 4.28. The Balaban J connectivity index is 1.50. The Morgan fingerprint density at radius 3 is 1.58 bits per heavy atom. The molecule has 0 N–H and O–H groups in total. The molecule has 0 bridgehead atoms. The average molecular weight is 562 g/mol. The highest BCUT2D eigenvalue weighted by Gasteiger charge is 2.48. The summed E-state index contributed by atoms with van der Waals surface area (Å²) < 4.78 is 24.9. The van der Waals surface area contributed by atoms with Crippen LogP contribution in [-0.2, 0) is 0 Å². The molecule has 0 saturated heterocycles. The Labute approximate surface area is 199 Å². The number of ether oxygens (including phenoxy) is 4. The highest BCUT2D eigenvalue weighted by molar-refractivity contribution is 9.11. The smallest absolute Gasteiger partial charge is 0.231 e. The second-order valence-corrected chi connectivity index (χ2v) is 15.7. The van der Waals surface area contributed by atoms with Gasteiger partial charge in [-0.25, -0.2) is 0 Å². The van der Waals surface area contributed by atoms with Crippen LogP contribution in [-0.4, -0.2) is 21.7 Å². The van der Waals surface area contributed by atoms with Gasteiger partial charge in [0.1, 0.15) is 0 Å². The minimum absolute atomic E-state index is 0.282. The predicted octanol–water partition coefficient (Wildman–Crippen LogP) is 7.16. The van der Waals surface area contributed by atoms with E-state index in [9.17, 15) is 0 Å². The van der Waals surface area contributed by atoms with Gasteiger partial charge in [-0.1, -0.05) is 36.4 Å². The lowest BCUT2D eigenvalue weighted by molar-refractivity contribution is 0.173. The lowest BCUT2D eigenvalue weighted by Crippen LogP contribution is -2.42. The predicted molar refractivity (Wildman–Crippen MR) is 131 cm³/mol. The molecule has 0 spiro atoms. The molecular weight excluding hydrogens is 540 g/mol. The Morgan fingerprint density at radius 1 is 0.742 bits per heavy atom. The van der Waals surface area contributed by atoms with Gasteiger partial charge < -0.3 is 18.9 Å². The van der Waals surface area contributed by atoms with Crippen molar-refractivity contribution in [2.75, 3.05) is 13.6 Å². The van der Waals surface area contributed by atoms with Gasteiger partial charge >= 0.3 is 0 Å². The molecule has 160 valence electrons. The van der Waals surface area contributed by atoms with E-state index in [0.717, 1.165) is 31.9 Å². The maximum Gasteiger partial charge on any atom is 0.231 e. The van der Waals surface area contributed by atoms with Crippen LogP contribution in [0.2, 0.25) is 13.1 Å². The Hall–Kier alpha value is -1.70. The molecule has 31 heavy (non-hydrogen) atoms. The highest BCUT2D eigenvalue weighted by atomic mass is 79.9. The second kappa shape index (κ2) is 6.65. The third-order valence-corrected chi connectivity index (χ3v) is 13.2. The van der Waals surface area contributed by atoms with Crippen molar-refractivity contribution < 1.29 is 18.9 Å². The Morgan fingerprint density at radius 2 is 1.16 bits per heavy atom. The molecule has 6 rings (SSSR count). The zero-order valence-electron chi connectivity index (χ0n) is 17.8. The fourth-order valence-electron chi connectivity index (χ4n) is 6.10. The van der Waals surface area contributed by atoms with Gasteiger partial charge in [-0.3, -0.25) is 0 Å². The van der Waals surface area contributed by atoms with Gasteiger partial charge in [0.2, 0.25) is 13.6 Å². The van der Waals surface area contributed by atoms with E-state index in [-0.39, 0.29) is 13.6 Å². The molecular formula is C24H22Br2O4Si. The van der Waals surface area contributed by atoms with E-state index in [2.05, 4.69) is 83.1 Å². The van der Waals surface area contributed by atoms with Gasteiger partial charge in [-0.15, -0.1) is 0 Å². The van der Waals surface area contributed by atoms with Gasteiger partial charge in [0.05, 0.1) is 17.0 Å². The molecule has 4 nitrogen and oxygen atoms in total. The molecule has 2 atom stereocenters. The van der Waals surface area contributed by atoms with Gasteiger partial charge in [0.15, 0.2) is 23.0 Å². The van der Waals surface area contributed by atoms with Gasteiger partial charge in [0.25, 0.3) is 0 Å². The molecule has 0 aromatic heterocycles. The standard InChI is InChI=1S/C24H22Br2O4Si/c1-11-5-13-15(7-17-21(19(13)25)29-9-27-17)23(11)31(3,4)24-12(2)6-14-16(24)8-18-22(20(14)26)30-10-28-18/h5-8,23-24H,9-10H2,1-4H3. The summed E-state index contributed by atoms with van der Waals surface area (Å²) in [7, 11) is -1.95. The van der Waals surface area contributed by atoms with Gasteiger partial charge in [0, 0.05) is 11.1 Å². The summed E-state index contributed by atoms with van der Waals surface area (Å²) in [5, 5.41) is 0. The van der Waals surface area contributed by atoms with E-state index >= 15 is 0 Å². The third-order valence-electron chi connectivity index (χ3n) is 7.11. The molecule has 2 aromatic carbocycles. The number of halogens is 2. The molecule has 2 aliphatic heterocycles. The first kappa shape index (κ1) is 19.9. The second-order valence-electron chi connectivity index (χ2n) is 9.32. The van der Waals surface area contributed by atoms with Crippen LogP contribution in [0.15, 0.2) is 32.2 Å². The van der Waals surface area contributed by atoms with Crippen LogP contribution < -0.4 is 18.9 Å². The van der Waals surface area contributed by atoms with Crippen LogP contribution in [0.1, 0.15) is 47.2 Å². The lowest BCUT2D eigenvalue weighted by Gasteiger charge is -2.39. The van der Waals surface area contributed by atoms with Crippen molar-refractivity contribution in [1.82, 2.24) is 0 Å². The number of allylic oxidation sites excluding steroid dienone is 2. The highest BCUT2D eigenvalue weighted by Crippen LogP contribution is 2.58. The summed E-state index contributed by atoms with van der Waals surface area (Å²) in [5.41, 5.74) is 8.78. The van der Waals surface area contributed by atoms with Crippen molar-refractivity contribution in [3.63, 3.8) is 0 Å². The first-order valence-corrected chi connectivity index (χ1v) is 15.1. The van der Waals surface area contributed by atoms with Crippen molar-refractivity contribution in [3.8, 4) is 23.0 Å². The molecule has 0 fully saturated rings. The maximum absolute atomic E-state index is 5.76. The molecule has 2 unspecified atom stereocenters. The molecule has 0 radical (unpaired) electrons. The normalized spacial score (nSPS) is 22.4. The summed E-state index contributed by atoms with van der Waals surface area (Å²) in [6.45, 7) is 10.1. The van der Waals surface area contributed by atoms with Crippen LogP contribution in [0.3, 0.4) is 0 Å². The average Bonchev–Trinajstić information content (AvgIpc) is 3.46. The molecule has 0 saturated carbocycles. The van der Waals surface area contributed by atoms with Crippen molar-refractivity contribution in [2.45, 2.75) is 38.0 Å². The van der Waals surface area contributed by atoms with Crippen LogP contribution in [0, 0.1) is 0 Å². The fraction of sp³-hybridized carbons (Fsp3) is 0.333. The number of fused-ring (bicyclic) bond motifs is 4. The summed E-state index contributed by atoms with van der Waals surface area (Å²) in [4.78, 5) is 0. The van der Waals surface area contributed by atoms with Crippen molar-refractivity contribution >= 4 is 52.1 Å². The Bertz CT molecular complexity index is 1140. The van der Waals surface area contributed by atoms with E-state index in [1.165, 1.54) is 33.4 Å². The number of rotatable bonds is 2. The number of benzene rings is 2. The van der Waals surface area contributed by atoms with Crippen molar-refractivity contribution in [1.29, 1.82) is 0 Å². The molecule has 2 aromatic rings. The first-order chi connectivity index (χ1) is 14.8. The van der Waals surface area contributed by atoms with Crippen LogP contribution in [0.5, 0.6) is 23.0 Å². The molecule has 2 aliphatic carbocycles. The van der Waals surface area contributed by atoms with Crippen LogP contribution >= 0.6 is 31.9 Å². The largest absolute Gasteiger partial charge is 0.454 e. The third kappa shape index (κ3) is 2.63. The first-order valence-electron chi connectivity index (χ1n) is 10.4. The lowest BCUT2D eigenvalue weighted by atomic mass is 10.1. The monoisotopic (exact) mass is 560 g/mol. The van der Waals surface area contributed by atoms with Gasteiger partial charge in [-0.05, 0) is 80.1 Å². The molecule has 4 aliphatic rings. The summed E-state index contributed by atoms with van der Waals surface area (Å²) in [6, 6.07) is 4.42. The summed E-state index contributed by atoms with van der Waals surface area (Å²) in [5.74, 6) is 3.33. The van der Waals surface area contributed by atoms with E-state index in [1.807, 2.05) is 0 Å². The number of hydrogen-bond acceptors (Lipinski definition) is 4. The van der Waals surface area contributed by atoms with Gasteiger partial charge in [-0.2, -0.15) is 0 Å². The van der Waals surface area contributed by atoms with E-state index in [0.29, 0.717) is 11.1 Å². The number of hydrogen-bond donors (Lipinski definition) is 0. The zero-order chi connectivity index (χ0) is 21.7. The zero-order valence-corrected chi connectivity index (χ0v) is 21.9. The minimum Gasteiger partial charge on any atom is -0.454 e. The van der Waals surface area contributed by atoms with Crippen LogP contribution in [0.25, 0.3) is 12.2 Å². The minimum atomic E-state index is -1.95.